The van der Waals surface area contributed by atoms with E-state index in [4.69, 9.17) is 14.7 Å². The molecule has 0 saturated carbocycles. The normalized spacial score (nSPS) is 18.5. The number of imidazole rings is 1. The van der Waals surface area contributed by atoms with Gasteiger partial charge in [0.05, 0.1) is 34.8 Å². The summed E-state index contributed by atoms with van der Waals surface area (Å²) in [6, 6.07) is 15.5. The van der Waals surface area contributed by atoms with Gasteiger partial charge in [0.15, 0.2) is 0 Å². The van der Waals surface area contributed by atoms with Crippen LogP contribution in [0, 0.1) is 5.92 Å². The Morgan fingerprint density at radius 3 is 2.49 bits per heavy atom. The van der Waals surface area contributed by atoms with Crippen molar-refractivity contribution in [3.63, 3.8) is 0 Å². The molecule has 3 aromatic heterocycles. The maximum absolute atomic E-state index is 13.4. The minimum atomic E-state index is -1.05. The van der Waals surface area contributed by atoms with Gasteiger partial charge in [-0.25, -0.2) is 4.98 Å². The number of nitrogens with one attached hydrogen (secondary N) is 3. The monoisotopic (exact) mass is 823 g/mol. The summed E-state index contributed by atoms with van der Waals surface area (Å²) in [7, 11) is 0. The fourth-order valence-corrected chi connectivity index (χ4v) is 8.74. The quantitative estimate of drug-likeness (QED) is 0.170. The molecule has 2 aromatic carbocycles. The fourth-order valence-electron chi connectivity index (χ4n) is 8.74. The maximum atomic E-state index is 13.4. The number of anilines is 1. The van der Waals surface area contributed by atoms with Crippen LogP contribution in [0.1, 0.15) is 88.2 Å². The molecule has 0 spiro atoms. The predicted octanol–water partition coefficient (Wildman–Crippen LogP) is 4.30. The van der Waals surface area contributed by atoms with E-state index in [0.717, 1.165) is 56.9 Å². The SMILES string of the molecule is CC(=O)N1CCn2c(C3CCOCC3)nc(-c3cccc4cc(-c5ccc(C(=O)NC[C@H](C)CNc6cccc7c6C(=O)N(C6CCC(=O)NC6=O)C7=O)nc5)ncc34)c2C1. The third-order valence-corrected chi connectivity index (χ3v) is 12.1. The van der Waals surface area contributed by atoms with Gasteiger partial charge >= 0.3 is 0 Å². The Hall–Kier alpha value is -6.81. The highest BCUT2D eigenvalue weighted by Crippen LogP contribution is 2.38. The number of hydrogen-bond acceptors (Lipinski definition) is 11. The number of fused-ring (bicyclic) bond motifs is 3. The van der Waals surface area contributed by atoms with E-state index in [1.54, 1.807) is 37.4 Å². The smallest absolute Gasteiger partial charge is 0.269 e. The molecule has 1 unspecified atom stereocenters. The number of aromatic nitrogens is 4. The molecule has 6 amide bonds. The summed E-state index contributed by atoms with van der Waals surface area (Å²) in [5.41, 5.74) is 5.39. The number of pyridine rings is 2. The first kappa shape index (κ1) is 39.6. The largest absolute Gasteiger partial charge is 0.384 e. The molecule has 9 rings (SSSR count). The Labute approximate surface area is 351 Å². The van der Waals surface area contributed by atoms with Crippen molar-refractivity contribution >= 4 is 51.9 Å². The number of rotatable bonds is 10. The van der Waals surface area contributed by atoms with Gasteiger partial charge in [-0.15, -0.1) is 0 Å². The van der Waals surface area contributed by atoms with Gasteiger partial charge in [-0.1, -0.05) is 31.2 Å². The maximum Gasteiger partial charge on any atom is 0.269 e. The summed E-state index contributed by atoms with van der Waals surface area (Å²) in [5.74, 6) is -1.28. The van der Waals surface area contributed by atoms with Gasteiger partial charge in [-0.05, 0) is 60.9 Å². The lowest BCUT2D eigenvalue weighted by molar-refractivity contribution is -0.136. The van der Waals surface area contributed by atoms with Gasteiger partial charge < -0.3 is 24.8 Å². The van der Waals surface area contributed by atoms with Crippen LogP contribution in [0.2, 0.25) is 0 Å². The molecular weight excluding hydrogens is 779 g/mol. The summed E-state index contributed by atoms with van der Waals surface area (Å²) >= 11 is 0. The van der Waals surface area contributed by atoms with Crippen LogP contribution >= 0.6 is 0 Å². The van der Waals surface area contributed by atoms with E-state index in [0.29, 0.717) is 63.2 Å². The van der Waals surface area contributed by atoms with Crippen LogP contribution in [0.25, 0.3) is 33.3 Å². The summed E-state index contributed by atoms with van der Waals surface area (Å²) < 4.78 is 7.97. The van der Waals surface area contributed by atoms with E-state index in [-0.39, 0.29) is 47.4 Å². The average molecular weight is 824 g/mol. The number of amides is 6. The van der Waals surface area contributed by atoms with Crippen molar-refractivity contribution in [3.05, 3.63) is 95.3 Å². The standard InChI is InChI=1S/C45H45N9O7/c1-25(20-46-33-8-4-7-31-39(33)45(60)54(44(31)59)36-11-12-38(56)50-43(36)58)21-49-42(57)34-10-9-29(22-47-34)35-19-28-5-3-6-30(32(28)23-48-35)40-37-24-52(26(2)55)15-16-53(37)41(51-40)27-13-17-61-18-14-27/h3-10,19,22-23,25,27,36,46H,11-18,20-21,24H2,1-2H3,(H,49,57)(H,50,56,58)/t25-,36?/m1/s1. The second kappa shape index (κ2) is 16.3. The summed E-state index contributed by atoms with van der Waals surface area (Å²) in [4.78, 5) is 93.7. The molecule has 0 aliphatic carbocycles. The van der Waals surface area contributed by atoms with E-state index in [1.807, 2.05) is 42.3 Å². The van der Waals surface area contributed by atoms with Crippen molar-refractivity contribution in [2.45, 2.75) is 64.6 Å². The van der Waals surface area contributed by atoms with E-state index in [1.165, 1.54) is 0 Å². The molecule has 3 N–H and O–H groups in total. The number of hydrogen-bond donors (Lipinski definition) is 3. The van der Waals surface area contributed by atoms with Crippen molar-refractivity contribution in [2.24, 2.45) is 5.92 Å². The molecule has 7 heterocycles. The Bertz CT molecular complexity index is 2620. The van der Waals surface area contributed by atoms with E-state index < -0.39 is 29.7 Å². The number of benzene rings is 2. The van der Waals surface area contributed by atoms with E-state index in [9.17, 15) is 28.8 Å². The molecular formula is C45H45N9O7. The Morgan fingerprint density at radius 1 is 0.918 bits per heavy atom. The first-order valence-corrected chi connectivity index (χ1v) is 20.7. The average Bonchev–Trinajstić information content (AvgIpc) is 3.78. The molecule has 0 bridgehead atoms. The minimum Gasteiger partial charge on any atom is -0.384 e. The molecule has 2 saturated heterocycles. The van der Waals surface area contributed by atoms with Crippen LogP contribution < -0.4 is 16.0 Å². The van der Waals surface area contributed by atoms with Gasteiger partial charge in [-0.3, -0.25) is 49.0 Å². The van der Waals surface area contributed by atoms with Crippen molar-refractivity contribution in [1.29, 1.82) is 0 Å². The number of ether oxygens (including phenoxy) is 1. The number of carbonyl (C=O) groups is 6. The highest BCUT2D eigenvalue weighted by molar-refractivity contribution is 6.25. The van der Waals surface area contributed by atoms with E-state index >= 15 is 0 Å². The van der Waals surface area contributed by atoms with Crippen molar-refractivity contribution in [3.8, 4) is 22.5 Å². The highest BCUT2D eigenvalue weighted by atomic mass is 16.5. The van der Waals surface area contributed by atoms with Crippen LogP contribution in [0.4, 0.5) is 5.69 Å². The van der Waals surface area contributed by atoms with Crippen molar-refractivity contribution < 1.29 is 33.5 Å². The van der Waals surface area contributed by atoms with Crippen LogP contribution in [0.15, 0.2) is 67.0 Å². The molecule has 16 heteroatoms. The summed E-state index contributed by atoms with van der Waals surface area (Å²) in [6.07, 6.45) is 5.44. The fraction of sp³-hybridized carbons (Fsp3) is 0.356. The van der Waals surface area contributed by atoms with Gasteiger partial charge in [0, 0.05) is 93.2 Å². The Kier molecular flexibility index (Phi) is 10.6. The molecule has 4 aliphatic heterocycles. The lowest BCUT2D eigenvalue weighted by Crippen LogP contribution is -2.54. The van der Waals surface area contributed by atoms with E-state index in [2.05, 4.69) is 31.6 Å². The van der Waals surface area contributed by atoms with Crippen LogP contribution in [-0.2, 0) is 32.2 Å². The second-order valence-electron chi connectivity index (χ2n) is 16.1. The van der Waals surface area contributed by atoms with Crippen LogP contribution in [0.3, 0.4) is 0 Å². The molecule has 16 nitrogen and oxygen atoms in total. The summed E-state index contributed by atoms with van der Waals surface area (Å²) in [5, 5.41) is 10.3. The molecule has 4 aliphatic rings. The van der Waals surface area contributed by atoms with Crippen LogP contribution in [-0.4, -0.2) is 104 Å². The second-order valence-corrected chi connectivity index (χ2v) is 16.1. The zero-order valence-corrected chi connectivity index (χ0v) is 33.9. The number of piperidine rings is 1. The third-order valence-electron chi connectivity index (χ3n) is 12.1. The molecule has 2 atom stereocenters. The number of imide groups is 2. The van der Waals surface area contributed by atoms with Gasteiger partial charge in [0.1, 0.15) is 17.6 Å². The lowest BCUT2D eigenvalue weighted by Gasteiger charge is -2.30. The van der Waals surface area contributed by atoms with Crippen molar-refractivity contribution in [2.75, 3.05) is 38.2 Å². The third kappa shape index (κ3) is 7.51. The Balaban J connectivity index is 0.851. The molecule has 5 aromatic rings. The number of nitrogens with zero attached hydrogens (tertiary/aromatic N) is 6. The van der Waals surface area contributed by atoms with Gasteiger partial charge in [-0.2, -0.15) is 0 Å². The topological polar surface area (TPSA) is 198 Å². The molecule has 2 fully saturated rings. The molecule has 0 radical (unpaired) electrons. The highest BCUT2D eigenvalue weighted by Gasteiger charge is 2.45. The predicted molar refractivity (Wildman–Crippen MR) is 223 cm³/mol. The number of carbonyl (C=O) groups excluding carboxylic acids is 6. The zero-order chi connectivity index (χ0) is 42.4. The van der Waals surface area contributed by atoms with Crippen LogP contribution in [0.5, 0.6) is 0 Å². The van der Waals surface area contributed by atoms with Gasteiger partial charge in [0.25, 0.3) is 17.7 Å². The summed E-state index contributed by atoms with van der Waals surface area (Å²) in [6.45, 7) is 7.50. The first-order chi connectivity index (χ1) is 29.5. The first-order valence-electron chi connectivity index (χ1n) is 20.7. The lowest BCUT2D eigenvalue weighted by atomic mass is 9.99. The van der Waals surface area contributed by atoms with Crippen molar-refractivity contribution in [1.82, 2.24) is 40.0 Å². The zero-order valence-electron chi connectivity index (χ0n) is 33.9. The Morgan fingerprint density at radius 2 is 1.72 bits per heavy atom. The van der Waals surface area contributed by atoms with Gasteiger partial charge in [0.2, 0.25) is 17.7 Å². The molecule has 61 heavy (non-hydrogen) atoms. The minimum absolute atomic E-state index is 0.0407. The molecule has 312 valence electrons.